The molecule has 0 saturated carbocycles. The van der Waals surface area contributed by atoms with E-state index < -0.39 is 0 Å². The number of carbonyl (C=O) groups excluding carboxylic acids is 1. The van der Waals surface area contributed by atoms with Gasteiger partial charge in [-0.1, -0.05) is 18.5 Å². The molecule has 4 nitrogen and oxygen atoms in total. The van der Waals surface area contributed by atoms with Crippen LogP contribution in [0.2, 0.25) is 5.02 Å². The maximum Gasteiger partial charge on any atom is 0.222 e. The fourth-order valence-electron chi connectivity index (χ4n) is 2.91. The minimum atomic E-state index is -0.200. The van der Waals surface area contributed by atoms with Crippen LogP contribution in [0.15, 0.2) is 18.2 Å². The molecular formula is C16H24ClN3O. The van der Waals surface area contributed by atoms with Crippen molar-refractivity contribution in [2.75, 3.05) is 18.0 Å². The number of nitrogens with zero attached hydrogens (tertiary/aromatic N) is 1. The fourth-order valence-corrected chi connectivity index (χ4v) is 3.11. The first-order valence-corrected chi connectivity index (χ1v) is 7.95. The third kappa shape index (κ3) is 3.89. The summed E-state index contributed by atoms with van der Waals surface area (Å²) in [7, 11) is 0. The minimum Gasteiger partial charge on any atom is -0.369 e. The summed E-state index contributed by atoms with van der Waals surface area (Å²) in [5.74, 6) is -0.266. The summed E-state index contributed by atoms with van der Waals surface area (Å²) in [6.07, 6.45) is 1.86. The molecule has 1 aromatic carbocycles. The normalized spacial score (nSPS) is 22.3. The van der Waals surface area contributed by atoms with Gasteiger partial charge in [-0.3, -0.25) is 4.79 Å². The standard InChI is InChI=1S/C16H24ClN3O/c1-3-19-9-13-8-14(17)6-7-15(13)20-10-12(16(18)21)5-4-11(20)2/h6-8,11-12,19H,3-5,9-10H2,1-2H3,(H2,18,21). The number of piperidine rings is 1. The van der Waals surface area contributed by atoms with Crippen molar-refractivity contribution in [3.63, 3.8) is 0 Å². The Labute approximate surface area is 131 Å². The number of hydrogen-bond donors (Lipinski definition) is 2. The largest absolute Gasteiger partial charge is 0.369 e. The van der Waals surface area contributed by atoms with E-state index in [-0.39, 0.29) is 11.8 Å². The van der Waals surface area contributed by atoms with E-state index in [1.165, 1.54) is 5.56 Å². The molecule has 0 aromatic heterocycles. The van der Waals surface area contributed by atoms with Crippen molar-refractivity contribution in [3.05, 3.63) is 28.8 Å². The van der Waals surface area contributed by atoms with Gasteiger partial charge in [-0.05, 0) is 50.1 Å². The molecular weight excluding hydrogens is 286 g/mol. The number of anilines is 1. The average molecular weight is 310 g/mol. The van der Waals surface area contributed by atoms with Gasteiger partial charge >= 0.3 is 0 Å². The van der Waals surface area contributed by atoms with Crippen LogP contribution >= 0.6 is 11.6 Å². The van der Waals surface area contributed by atoms with Gasteiger partial charge in [0.1, 0.15) is 0 Å². The zero-order valence-corrected chi connectivity index (χ0v) is 13.5. The van der Waals surface area contributed by atoms with Crippen molar-refractivity contribution in [1.82, 2.24) is 5.32 Å². The molecule has 1 aromatic rings. The number of amides is 1. The van der Waals surface area contributed by atoms with Crippen LogP contribution in [0.1, 0.15) is 32.3 Å². The zero-order valence-electron chi connectivity index (χ0n) is 12.7. The van der Waals surface area contributed by atoms with E-state index in [4.69, 9.17) is 17.3 Å². The first kappa shape index (κ1) is 16.1. The second kappa shape index (κ2) is 7.14. The van der Waals surface area contributed by atoms with Crippen molar-refractivity contribution in [3.8, 4) is 0 Å². The van der Waals surface area contributed by atoms with Gasteiger partial charge in [-0.25, -0.2) is 0 Å². The number of hydrogen-bond acceptors (Lipinski definition) is 3. The summed E-state index contributed by atoms with van der Waals surface area (Å²) < 4.78 is 0. The number of benzene rings is 1. The van der Waals surface area contributed by atoms with Gasteiger partial charge in [0.2, 0.25) is 5.91 Å². The molecule has 0 spiro atoms. The highest BCUT2D eigenvalue weighted by Crippen LogP contribution is 2.31. The van der Waals surface area contributed by atoms with Crippen LogP contribution in [0.4, 0.5) is 5.69 Å². The first-order valence-electron chi connectivity index (χ1n) is 7.58. The minimum absolute atomic E-state index is 0.0659. The van der Waals surface area contributed by atoms with Gasteiger partial charge < -0.3 is 16.0 Å². The van der Waals surface area contributed by atoms with Crippen LogP contribution < -0.4 is 16.0 Å². The predicted octanol–water partition coefficient (Wildman–Crippen LogP) is 2.54. The molecule has 0 bridgehead atoms. The number of rotatable bonds is 5. The molecule has 0 radical (unpaired) electrons. The lowest BCUT2D eigenvalue weighted by molar-refractivity contribution is -0.122. The second-order valence-electron chi connectivity index (χ2n) is 5.73. The highest BCUT2D eigenvalue weighted by Gasteiger charge is 2.29. The Morgan fingerprint density at radius 2 is 2.24 bits per heavy atom. The van der Waals surface area contributed by atoms with Gasteiger partial charge in [-0.15, -0.1) is 0 Å². The molecule has 1 saturated heterocycles. The Morgan fingerprint density at radius 3 is 2.90 bits per heavy atom. The third-order valence-corrected chi connectivity index (χ3v) is 4.44. The summed E-state index contributed by atoms with van der Waals surface area (Å²) in [6, 6.07) is 6.37. The Bertz CT molecular complexity index is 506. The molecule has 2 rings (SSSR count). The summed E-state index contributed by atoms with van der Waals surface area (Å²) in [6.45, 7) is 6.65. The van der Waals surface area contributed by atoms with Gasteiger partial charge in [0, 0.05) is 29.8 Å². The van der Waals surface area contributed by atoms with Gasteiger partial charge in [0.15, 0.2) is 0 Å². The number of halogens is 1. The van der Waals surface area contributed by atoms with Crippen LogP contribution in [0.25, 0.3) is 0 Å². The number of nitrogens with two attached hydrogens (primary N) is 1. The number of nitrogens with one attached hydrogen (secondary N) is 1. The van der Waals surface area contributed by atoms with E-state index in [9.17, 15) is 4.79 Å². The molecule has 116 valence electrons. The van der Waals surface area contributed by atoms with Crippen LogP contribution in [-0.4, -0.2) is 25.0 Å². The van der Waals surface area contributed by atoms with Gasteiger partial charge in [0.05, 0.1) is 5.92 Å². The quantitative estimate of drug-likeness (QED) is 0.879. The molecule has 21 heavy (non-hydrogen) atoms. The molecule has 2 unspecified atom stereocenters. The first-order chi connectivity index (χ1) is 10.0. The maximum atomic E-state index is 11.5. The third-order valence-electron chi connectivity index (χ3n) is 4.20. The Kier molecular flexibility index (Phi) is 5.48. The van der Waals surface area contributed by atoms with Crippen molar-refractivity contribution in [2.45, 2.75) is 39.3 Å². The van der Waals surface area contributed by atoms with E-state index in [0.717, 1.165) is 36.6 Å². The average Bonchev–Trinajstić information content (AvgIpc) is 2.46. The number of primary amides is 1. The summed E-state index contributed by atoms with van der Waals surface area (Å²) in [5.41, 5.74) is 7.82. The second-order valence-corrected chi connectivity index (χ2v) is 6.17. The molecule has 1 amide bonds. The lowest BCUT2D eigenvalue weighted by atomic mass is 9.92. The van der Waals surface area contributed by atoms with Crippen LogP contribution in [0.5, 0.6) is 0 Å². The van der Waals surface area contributed by atoms with Crippen LogP contribution in [0.3, 0.4) is 0 Å². The van der Waals surface area contributed by atoms with E-state index >= 15 is 0 Å². The Hall–Kier alpha value is -1.26. The topological polar surface area (TPSA) is 58.4 Å². The lowest BCUT2D eigenvalue weighted by Gasteiger charge is -2.39. The Morgan fingerprint density at radius 1 is 1.48 bits per heavy atom. The maximum absolute atomic E-state index is 11.5. The van der Waals surface area contributed by atoms with E-state index in [0.29, 0.717) is 12.6 Å². The van der Waals surface area contributed by atoms with Gasteiger partial charge in [-0.2, -0.15) is 0 Å². The summed E-state index contributed by atoms with van der Waals surface area (Å²) >= 11 is 6.13. The van der Waals surface area contributed by atoms with E-state index in [1.54, 1.807) is 0 Å². The highest BCUT2D eigenvalue weighted by atomic mass is 35.5. The van der Waals surface area contributed by atoms with E-state index in [1.807, 2.05) is 12.1 Å². The zero-order chi connectivity index (χ0) is 15.4. The van der Waals surface area contributed by atoms with Crippen molar-refractivity contribution in [2.24, 2.45) is 11.7 Å². The summed E-state index contributed by atoms with van der Waals surface area (Å²) in [5, 5.41) is 4.08. The van der Waals surface area contributed by atoms with Crippen molar-refractivity contribution < 1.29 is 4.79 Å². The van der Waals surface area contributed by atoms with Crippen LogP contribution in [-0.2, 0) is 11.3 Å². The highest BCUT2D eigenvalue weighted by molar-refractivity contribution is 6.30. The van der Waals surface area contributed by atoms with Crippen molar-refractivity contribution in [1.29, 1.82) is 0 Å². The smallest absolute Gasteiger partial charge is 0.222 e. The fraction of sp³-hybridized carbons (Fsp3) is 0.562. The summed E-state index contributed by atoms with van der Waals surface area (Å²) in [4.78, 5) is 13.8. The molecule has 1 aliphatic heterocycles. The molecule has 1 aliphatic rings. The predicted molar refractivity (Wildman–Crippen MR) is 87.6 cm³/mol. The SMILES string of the molecule is CCNCc1cc(Cl)ccc1N1CC(C(N)=O)CCC1C. The number of carbonyl (C=O) groups is 1. The molecule has 3 N–H and O–H groups in total. The molecule has 0 aliphatic carbocycles. The van der Waals surface area contributed by atoms with Gasteiger partial charge in [0.25, 0.3) is 0 Å². The molecule has 1 heterocycles. The molecule has 5 heteroatoms. The Balaban J connectivity index is 2.27. The van der Waals surface area contributed by atoms with Crippen molar-refractivity contribution >= 4 is 23.2 Å². The van der Waals surface area contributed by atoms with Crippen LogP contribution in [0, 0.1) is 5.92 Å². The molecule has 1 fully saturated rings. The molecule has 2 atom stereocenters. The monoisotopic (exact) mass is 309 g/mol. The lowest BCUT2D eigenvalue weighted by Crippen LogP contribution is -2.46. The van der Waals surface area contributed by atoms with E-state index in [2.05, 4.69) is 30.1 Å².